The van der Waals surface area contributed by atoms with Crippen LogP contribution in [-0.2, 0) is 32.2 Å². The molecular weight excluding hydrogens is 624 g/mol. The van der Waals surface area contributed by atoms with Crippen LogP contribution in [0.3, 0.4) is 0 Å². The lowest BCUT2D eigenvalue weighted by Crippen LogP contribution is -2.36. The number of rotatable bonds is 10. The van der Waals surface area contributed by atoms with E-state index >= 15 is 0 Å². The number of aliphatic hydroxyl groups is 2. The molecule has 6 rings (SSSR count). The Hall–Kier alpha value is -5.40. The molecule has 2 aliphatic heterocycles. The van der Waals surface area contributed by atoms with Crippen molar-refractivity contribution in [2.24, 2.45) is 0 Å². The van der Waals surface area contributed by atoms with Gasteiger partial charge in [0.25, 0.3) is 0 Å². The van der Waals surface area contributed by atoms with Gasteiger partial charge in [-0.3, -0.25) is 0 Å². The maximum Gasteiger partial charge on any atom is 0.343 e. The van der Waals surface area contributed by atoms with Crippen LogP contribution in [0.1, 0.15) is 52.6 Å². The summed E-state index contributed by atoms with van der Waals surface area (Å²) in [6, 6.07) is 24.4. The second-order valence-corrected chi connectivity index (χ2v) is 11.0. The summed E-state index contributed by atoms with van der Waals surface area (Å²) < 4.78 is 33.6. The van der Waals surface area contributed by atoms with Crippen LogP contribution in [0.15, 0.2) is 97.1 Å². The molecule has 0 saturated carbocycles. The molecule has 2 N–H and O–H groups in total. The summed E-state index contributed by atoms with van der Waals surface area (Å²) in [7, 11) is 0. The van der Waals surface area contributed by atoms with Gasteiger partial charge in [0.2, 0.25) is 0 Å². The fourth-order valence-electron chi connectivity index (χ4n) is 5.18. The van der Waals surface area contributed by atoms with Crippen LogP contribution in [0.2, 0.25) is 0 Å². The largest absolute Gasteiger partial charge is 0.453 e. The first-order valence-electron chi connectivity index (χ1n) is 15.0. The van der Waals surface area contributed by atoms with Gasteiger partial charge in [-0.25, -0.2) is 19.2 Å². The fourth-order valence-corrected chi connectivity index (χ4v) is 5.18. The molecule has 4 atom stereocenters. The maximum atomic E-state index is 12.9. The SMILES string of the molecule is O=C(Oc1ccc(C(=O)OC2CO[C@H]3[C@@H]2OC[C@H]3OC(=O)c2ccc(OC(=O)c3ccc(CO)cc3)cc2)cc1)c1ccc(CO)cc1. The van der Waals surface area contributed by atoms with Gasteiger partial charge in [-0.2, -0.15) is 0 Å². The maximum absolute atomic E-state index is 12.9. The molecular formula is C36H30O12. The minimum absolute atomic E-state index is 0.0443. The average Bonchev–Trinajstić information content (AvgIpc) is 3.71. The van der Waals surface area contributed by atoms with Gasteiger partial charge in [0, 0.05) is 0 Å². The van der Waals surface area contributed by atoms with E-state index in [2.05, 4.69) is 0 Å². The smallest absolute Gasteiger partial charge is 0.343 e. The molecule has 0 aromatic heterocycles. The Morgan fingerprint density at radius 2 is 0.812 bits per heavy atom. The number of ether oxygens (including phenoxy) is 6. The zero-order valence-corrected chi connectivity index (χ0v) is 25.4. The van der Waals surface area contributed by atoms with Gasteiger partial charge in [-0.05, 0) is 83.9 Å². The lowest BCUT2D eigenvalue weighted by atomic mass is 10.1. The predicted octanol–water partition coefficient (Wildman–Crippen LogP) is 3.66. The third-order valence-corrected chi connectivity index (χ3v) is 7.82. The van der Waals surface area contributed by atoms with Crippen LogP contribution >= 0.6 is 0 Å². The van der Waals surface area contributed by atoms with Crippen molar-refractivity contribution in [2.45, 2.75) is 37.6 Å². The highest BCUT2D eigenvalue weighted by molar-refractivity contribution is 5.93. The van der Waals surface area contributed by atoms with Gasteiger partial charge in [-0.1, -0.05) is 24.3 Å². The molecule has 4 aromatic rings. The summed E-state index contributed by atoms with van der Waals surface area (Å²) in [6.45, 7) is -0.180. The van der Waals surface area contributed by atoms with Gasteiger partial charge in [0.1, 0.15) is 23.7 Å². The fraction of sp³-hybridized carbons (Fsp3) is 0.222. The minimum atomic E-state index is -0.737. The van der Waals surface area contributed by atoms with Crippen LogP contribution < -0.4 is 9.47 Å². The van der Waals surface area contributed by atoms with Gasteiger partial charge >= 0.3 is 23.9 Å². The molecule has 0 bridgehead atoms. The van der Waals surface area contributed by atoms with Crippen molar-refractivity contribution in [3.63, 3.8) is 0 Å². The number of esters is 4. The number of hydrogen-bond acceptors (Lipinski definition) is 12. The zero-order valence-electron chi connectivity index (χ0n) is 25.4. The Labute approximate surface area is 274 Å². The lowest BCUT2D eigenvalue weighted by Gasteiger charge is -2.17. The first-order valence-corrected chi connectivity index (χ1v) is 15.0. The summed E-state index contributed by atoms with van der Waals surface area (Å²) in [5.74, 6) is -1.97. The first-order chi connectivity index (χ1) is 23.3. The predicted molar refractivity (Wildman–Crippen MR) is 165 cm³/mol. The van der Waals surface area contributed by atoms with Gasteiger partial charge in [0.05, 0.1) is 48.7 Å². The van der Waals surface area contributed by atoms with Crippen molar-refractivity contribution in [1.82, 2.24) is 0 Å². The Morgan fingerprint density at radius 1 is 0.500 bits per heavy atom. The number of hydrogen-bond donors (Lipinski definition) is 2. The number of aliphatic hydroxyl groups excluding tert-OH is 2. The Balaban J connectivity index is 0.977. The highest BCUT2D eigenvalue weighted by atomic mass is 16.7. The summed E-state index contributed by atoms with van der Waals surface area (Å²) in [5, 5.41) is 18.3. The Bertz CT molecular complexity index is 1630. The Kier molecular flexibility index (Phi) is 9.88. The van der Waals surface area contributed by atoms with Gasteiger partial charge < -0.3 is 38.6 Å². The highest BCUT2D eigenvalue weighted by Gasteiger charge is 2.51. The van der Waals surface area contributed by atoms with Crippen LogP contribution in [0.4, 0.5) is 0 Å². The summed E-state index contributed by atoms with van der Waals surface area (Å²) in [4.78, 5) is 50.5. The molecule has 0 radical (unpaired) electrons. The van der Waals surface area contributed by atoms with Crippen LogP contribution in [0.5, 0.6) is 11.5 Å². The van der Waals surface area contributed by atoms with Crippen LogP contribution in [0, 0.1) is 0 Å². The van der Waals surface area contributed by atoms with E-state index < -0.39 is 48.3 Å². The third-order valence-electron chi connectivity index (χ3n) is 7.82. The van der Waals surface area contributed by atoms with Crippen LogP contribution in [-0.4, -0.2) is 71.7 Å². The molecule has 2 heterocycles. The van der Waals surface area contributed by atoms with Crippen molar-refractivity contribution in [3.05, 3.63) is 130 Å². The second kappa shape index (κ2) is 14.6. The zero-order chi connectivity index (χ0) is 33.6. The summed E-state index contributed by atoms with van der Waals surface area (Å²) in [6.07, 6.45) is -2.76. The molecule has 1 unspecified atom stereocenters. The third kappa shape index (κ3) is 7.42. The molecule has 2 saturated heterocycles. The average molecular weight is 655 g/mol. The second-order valence-electron chi connectivity index (χ2n) is 11.0. The molecule has 4 aromatic carbocycles. The number of carbonyl (C=O) groups is 4. The van der Waals surface area contributed by atoms with E-state index in [1.165, 1.54) is 48.5 Å². The number of carbonyl (C=O) groups excluding carboxylic acids is 4. The molecule has 246 valence electrons. The molecule has 2 aliphatic rings. The van der Waals surface area contributed by atoms with E-state index in [9.17, 15) is 19.2 Å². The highest BCUT2D eigenvalue weighted by Crippen LogP contribution is 2.32. The monoisotopic (exact) mass is 654 g/mol. The molecule has 2 fully saturated rings. The van der Waals surface area contributed by atoms with Crippen molar-refractivity contribution in [1.29, 1.82) is 0 Å². The molecule has 0 amide bonds. The molecule has 12 nitrogen and oxygen atoms in total. The molecule has 0 spiro atoms. The Morgan fingerprint density at radius 3 is 1.15 bits per heavy atom. The standard InChI is InChI=1S/C36H30O12/c37-17-21-1-5-23(6-2-21)33(39)45-27-13-9-25(10-14-27)35(41)47-29-19-43-32-30(20-44-31(29)32)48-36(42)26-11-15-28(16-12-26)46-34(40)24-7-3-22(18-38)4-8-24/h1-16,29-32,37-38H,17-20H2/t29-,30?,31-,32-/m1/s1. The lowest BCUT2D eigenvalue weighted by molar-refractivity contribution is -0.0287. The quantitative estimate of drug-likeness (QED) is 0.189. The topological polar surface area (TPSA) is 164 Å². The van der Waals surface area contributed by atoms with Crippen molar-refractivity contribution >= 4 is 23.9 Å². The van der Waals surface area contributed by atoms with Gasteiger partial charge in [0.15, 0.2) is 12.2 Å². The minimum Gasteiger partial charge on any atom is -0.453 e. The van der Waals surface area contributed by atoms with E-state index in [0.717, 1.165) is 0 Å². The van der Waals surface area contributed by atoms with E-state index in [4.69, 9.17) is 38.6 Å². The number of benzene rings is 4. The molecule has 48 heavy (non-hydrogen) atoms. The molecule has 12 heteroatoms. The van der Waals surface area contributed by atoms with E-state index in [1.54, 1.807) is 48.5 Å². The van der Waals surface area contributed by atoms with E-state index in [-0.39, 0.29) is 49.1 Å². The van der Waals surface area contributed by atoms with Crippen molar-refractivity contribution in [2.75, 3.05) is 13.2 Å². The normalized spacial score (nSPS) is 19.6. The van der Waals surface area contributed by atoms with Crippen LogP contribution in [0.25, 0.3) is 0 Å². The summed E-state index contributed by atoms with van der Waals surface area (Å²) >= 11 is 0. The van der Waals surface area contributed by atoms with Crippen molar-refractivity contribution < 1.29 is 57.8 Å². The van der Waals surface area contributed by atoms with Crippen molar-refractivity contribution in [3.8, 4) is 11.5 Å². The summed E-state index contributed by atoms with van der Waals surface area (Å²) in [5.41, 5.74) is 2.40. The first kappa shape index (κ1) is 32.5. The molecule has 0 aliphatic carbocycles. The van der Waals surface area contributed by atoms with Gasteiger partial charge in [-0.15, -0.1) is 0 Å². The van der Waals surface area contributed by atoms with E-state index in [1.807, 2.05) is 0 Å². The van der Waals surface area contributed by atoms with E-state index in [0.29, 0.717) is 22.3 Å². The number of fused-ring (bicyclic) bond motifs is 1.